The summed E-state index contributed by atoms with van der Waals surface area (Å²) in [5.74, 6) is 0.147. The van der Waals surface area contributed by atoms with Crippen molar-refractivity contribution in [1.29, 1.82) is 0 Å². The van der Waals surface area contributed by atoms with Gasteiger partial charge in [-0.3, -0.25) is 0 Å². The second-order valence-corrected chi connectivity index (χ2v) is 3.21. The van der Waals surface area contributed by atoms with E-state index in [0.29, 0.717) is 11.3 Å². The van der Waals surface area contributed by atoms with Crippen molar-refractivity contribution in [3.05, 3.63) is 29.8 Å². The molecular formula is C10H11ClO3. The molecule has 0 N–H and O–H groups in total. The fourth-order valence-electron chi connectivity index (χ4n) is 0.986. The average molecular weight is 215 g/mol. The summed E-state index contributed by atoms with van der Waals surface area (Å²) in [5, 5.41) is 0. The molecule has 0 heterocycles. The van der Waals surface area contributed by atoms with Crippen LogP contribution in [-0.4, -0.2) is 12.1 Å². The molecule has 14 heavy (non-hydrogen) atoms. The highest BCUT2D eigenvalue weighted by atomic mass is 35.5. The quantitative estimate of drug-likeness (QED) is 0.776. The molecule has 4 heteroatoms. The molecule has 0 atom stereocenters. The molecule has 3 nitrogen and oxygen atoms in total. The van der Waals surface area contributed by atoms with E-state index in [1.807, 2.05) is 13.8 Å². The minimum Gasteiger partial charge on any atom is -0.491 e. The Hall–Kier alpha value is -1.22. The summed E-state index contributed by atoms with van der Waals surface area (Å²) in [6.45, 7) is 3.86. The highest BCUT2D eigenvalue weighted by molar-refractivity contribution is 6.15. The third-order valence-electron chi connectivity index (χ3n) is 1.53. The first kappa shape index (κ1) is 10.9. The van der Waals surface area contributed by atoms with Crippen LogP contribution in [0.3, 0.4) is 0 Å². The Bertz CT molecular complexity index is 306. The number of halogens is 1. The van der Waals surface area contributed by atoms with Crippen LogP contribution in [0.15, 0.2) is 24.3 Å². The summed E-state index contributed by atoms with van der Waals surface area (Å²) >= 11 is 4.93. The predicted molar refractivity (Wildman–Crippen MR) is 53.5 cm³/mol. The Morgan fingerprint density at radius 2 is 1.86 bits per heavy atom. The molecule has 1 rings (SSSR count). The van der Waals surface area contributed by atoms with Crippen LogP contribution in [0.5, 0.6) is 5.75 Å². The predicted octanol–water partition coefficient (Wildman–Crippen LogP) is 2.78. The number of hydrogen-bond donors (Lipinski definition) is 0. The molecule has 1 aromatic rings. The fourth-order valence-corrected chi connectivity index (χ4v) is 1.08. The summed E-state index contributed by atoms with van der Waals surface area (Å²) < 4.78 is 9.45. The molecule has 0 radical (unpaired) electrons. The third kappa shape index (κ3) is 2.92. The molecule has 0 spiro atoms. The minimum absolute atomic E-state index is 0.112. The molecule has 0 amide bonds. The van der Waals surface area contributed by atoms with E-state index in [2.05, 4.69) is 4.29 Å². The first-order chi connectivity index (χ1) is 6.63. The Morgan fingerprint density at radius 1 is 1.29 bits per heavy atom. The van der Waals surface area contributed by atoms with Gasteiger partial charge in [0.2, 0.25) is 0 Å². The minimum atomic E-state index is -0.567. The molecule has 1 aromatic carbocycles. The lowest BCUT2D eigenvalue weighted by Gasteiger charge is -2.09. The van der Waals surface area contributed by atoms with Gasteiger partial charge in [0.05, 0.1) is 11.7 Å². The van der Waals surface area contributed by atoms with Crippen molar-refractivity contribution in [3.8, 4) is 5.75 Å². The number of ether oxygens (including phenoxy) is 1. The lowest BCUT2D eigenvalue weighted by atomic mass is 10.2. The summed E-state index contributed by atoms with van der Waals surface area (Å²) in [6.07, 6.45) is 0.112. The van der Waals surface area contributed by atoms with Gasteiger partial charge >= 0.3 is 5.97 Å². The van der Waals surface area contributed by atoms with Gasteiger partial charge in [-0.05, 0) is 38.1 Å². The number of carbonyl (C=O) groups excluding carboxylic acids is 1. The first-order valence-corrected chi connectivity index (χ1v) is 4.54. The number of carbonyl (C=O) groups is 1. The summed E-state index contributed by atoms with van der Waals surface area (Å²) in [6, 6.07) is 6.59. The molecule has 0 saturated heterocycles. The molecule has 0 aliphatic heterocycles. The Kier molecular flexibility index (Phi) is 3.77. The third-order valence-corrected chi connectivity index (χ3v) is 1.67. The second kappa shape index (κ2) is 4.86. The van der Waals surface area contributed by atoms with Gasteiger partial charge in [0.1, 0.15) is 17.6 Å². The van der Waals surface area contributed by atoms with E-state index < -0.39 is 5.97 Å². The van der Waals surface area contributed by atoms with Crippen LogP contribution in [0.1, 0.15) is 24.2 Å². The van der Waals surface area contributed by atoms with Gasteiger partial charge in [-0.1, -0.05) is 0 Å². The second-order valence-electron chi connectivity index (χ2n) is 3.06. The lowest BCUT2D eigenvalue weighted by Crippen LogP contribution is -2.05. The van der Waals surface area contributed by atoms with Crippen molar-refractivity contribution in [2.45, 2.75) is 20.0 Å². The number of rotatable bonds is 3. The normalized spacial score (nSPS) is 10.0. The maximum Gasteiger partial charge on any atom is 0.356 e. The van der Waals surface area contributed by atoms with E-state index in [1.54, 1.807) is 24.3 Å². The standard InChI is InChI=1S/C10H11ClO3/c1-7(2)13-9-5-3-8(4-6-9)10(12)14-11/h3-7H,1-2H3. The lowest BCUT2D eigenvalue weighted by molar-refractivity contribution is 0.0751. The van der Waals surface area contributed by atoms with Gasteiger partial charge < -0.3 is 9.03 Å². The Balaban J connectivity index is 2.73. The Morgan fingerprint density at radius 3 is 2.29 bits per heavy atom. The van der Waals surface area contributed by atoms with Crippen LogP contribution >= 0.6 is 11.9 Å². The van der Waals surface area contributed by atoms with E-state index in [-0.39, 0.29) is 6.10 Å². The van der Waals surface area contributed by atoms with Crippen molar-refractivity contribution >= 4 is 17.8 Å². The molecule has 0 fully saturated rings. The number of benzene rings is 1. The van der Waals surface area contributed by atoms with Crippen molar-refractivity contribution in [2.75, 3.05) is 0 Å². The topological polar surface area (TPSA) is 35.5 Å². The highest BCUT2D eigenvalue weighted by Gasteiger charge is 2.06. The van der Waals surface area contributed by atoms with Crippen molar-refractivity contribution in [3.63, 3.8) is 0 Å². The zero-order valence-electron chi connectivity index (χ0n) is 7.99. The van der Waals surface area contributed by atoms with E-state index >= 15 is 0 Å². The maximum atomic E-state index is 11.0. The van der Waals surface area contributed by atoms with Crippen molar-refractivity contribution < 1.29 is 13.8 Å². The highest BCUT2D eigenvalue weighted by Crippen LogP contribution is 2.14. The van der Waals surface area contributed by atoms with Crippen LogP contribution in [0, 0.1) is 0 Å². The van der Waals surface area contributed by atoms with Crippen LogP contribution < -0.4 is 4.74 Å². The van der Waals surface area contributed by atoms with Gasteiger partial charge in [-0.25, -0.2) is 4.79 Å². The largest absolute Gasteiger partial charge is 0.491 e. The Labute approximate surface area is 87.8 Å². The van der Waals surface area contributed by atoms with Crippen LogP contribution in [0.25, 0.3) is 0 Å². The zero-order valence-corrected chi connectivity index (χ0v) is 8.75. The molecule has 0 unspecified atom stereocenters. The van der Waals surface area contributed by atoms with Crippen LogP contribution in [0.2, 0.25) is 0 Å². The molecule has 0 saturated carbocycles. The van der Waals surface area contributed by atoms with Gasteiger partial charge in [0.25, 0.3) is 0 Å². The van der Waals surface area contributed by atoms with Gasteiger partial charge in [-0.2, -0.15) is 0 Å². The molecule has 0 aliphatic rings. The summed E-state index contributed by atoms with van der Waals surface area (Å²) in [4.78, 5) is 11.0. The zero-order chi connectivity index (χ0) is 10.6. The molecule has 0 aromatic heterocycles. The number of hydrogen-bond acceptors (Lipinski definition) is 3. The smallest absolute Gasteiger partial charge is 0.356 e. The molecule has 76 valence electrons. The summed E-state index contributed by atoms with van der Waals surface area (Å²) in [7, 11) is 0. The van der Waals surface area contributed by atoms with E-state index in [0.717, 1.165) is 0 Å². The molecule has 0 bridgehead atoms. The van der Waals surface area contributed by atoms with Crippen molar-refractivity contribution in [2.24, 2.45) is 0 Å². The van der Waals surface area contributed by atoms with Crippen LogP contribution in [-0.2, 0) is 4.29 Å². The maximum absolute atomic E-state index is 11.0. The average Bonchev–Trinajstić information content (AvgIpc) is 2.17. The summed E-state index contributed by atoms with van der Waals surface area (Å²) in [5.41, 5.74) is 0.399. The monoisotopic (exact) mass is 214 g/mol. The van der Waals surface area contributed by atoms with E-state index in [1.165, 1.54) is 0 Å². The van der Waals surface area contributed by atoms with Crippen molar-refractivity contribution in [1.82, 2.24) is 0 Å². The van der Waals surface area contributed by atoms with E-state index in [4.69, 9.17) is 16.6 Å². The van der Waals surface area contributed by atoms with Gasteiger partial charge in [-0.15, -0.1) is 0 Å². The first-order valence-electron chi connectivity index (χ1n) is 4.23. The fraction of sp³-hybridized carbons (Fsp3) is 0.300. The van der Waals surface area contributed by atoms with Gasteiger partial charge in [0.15, 0.2) is 0 Å². The van der Waals surface area contributed by atoms with E-state index in [9.17, 15) is 4.79 Å². The molecule has 0 aliphatic carbocycles. The van der Waals surface area contributed by atoms with Gasteiger partial charge in [0, 0.05) is 0 Å². The van der Waals surface area contributed by atoms with Crippen LogP contribution in [0.4, 0.5) is 0 Å². The molecular weight excluding hydrogens is 204 g/mol. The SMILES string of the molecule is CC(C)Oc1ccc(C(=O)OCl)cc1.